The molecule has 0 bridgehead atoms. The van der Waals surface area contributed by atoms with E-state index < -0.39 is 11.6 Å². The Kier molecular flexibility index (Phi) is 4.05. The lowest BCUT2D eigenvalue weighted by atomic mass is 9.87. The zero-order chi connectivity index (χ0) is 13.0. The highest BCUT2D eigenvalue weighted by molar-refractivity contribution is 6.50. The van der Waals surface area contributed by atoms with Crippen molar-refractivity contribution in [1.82, 2.24) is 0 Å². The van der Waals surface area contributed by atoms with Gasteiger partial charge in [0.2, 0.25) is 11.6 Å². The number of fused-ring (bicyclic) bond motifs is 1. The molecule has 1 aliphatic carbocycles. The third-order valence-electron chi connectivity index (χ3n) is 3.20. The molecule has 1 aromatic rings. The van der Waals surface area contributed by atoms with Crippen LogP contribution in [-0.2, 0) is 4.79 Å². The van der Waals surface area contributed by atoms with Gasteiger partial charge in [0.05, 0.1) is 0 Å². The number of hydrogen-bond donors (Lipinski definition) is 1. The van der Waals surface area contributed by atoms with Gasteiger partial charge in [0.1, 0.15) is 0 Å². The van der Waals surface area contributed by atoms with Gasteiger partial charge in [-0.15, -0.1) is 0 Å². The summed E-state index contributed by atoms with van der Waals surface area (Å²) in [5.74, 6) is -0.793. The van der Waals surface area contributed by atoms with Crippen LogP contribution in [0.3, 0.4) is 0 Å². The zero-order valence-electron chi connectivity index (χ0n) is 10.3. The van der Waals surface area contributed by atoms with E-state index in [0.29, 0.717) is 12.1 Å². The van der Waals surface area contributed by atoms with E-state index in [4.69, 9.17) is 5.73 Å². The SMILES string of the molecule is NCCCCCC1=CC(=O)C(=O)c2ccccc21. The topological polar surface area (TPSA) is 60.2 Å². The summed E-state index contributed by atoms with van der Waals surface area (Å²) >= 11 is 0. The molecule has 0 radical (unpaired) electrons. The summed E-state index contributed by atoms with van der Waals surface area (Å²) in [7, 11) is 0. The number of carbonyl (C=O) groups excluding carboxylic acids is 2. The van der Waals surface area contributed by atoms with Crippen LogP contribution >= 0.6 is 0 Å². The maximum atomic E-state index is 11.7. The van der Waals surface area contributed by atoms with Gasteiger partial charge in [0.15, 0.2) is 0 Å². The molecule has 94 valence electrons. The van der Waals surface area contributed by atoms with Crippen molar-refractivity contribution in [2.45, 2.75) is 25.7 Å². The van der Waals surface area contributed by atoms with Crippen LogP contribution < -0.4 is 5.73 Å². The summed E-state index contributed by atoms with van der Waals surface area (Å²) in [6.07, 6.45) is 5.38. The Morgan fingerprint density at radius 2 is 1.67 bits per heavy atom. The molecule has 0 heterocycles. The summed E-state index contributed by atoms with van der Waals surface area (Å²) in [6.45, 7) is 0.701. The Balaban J connectivity index is 2.17. The van der Waals surface area contributed by atoms with Crippen LogP contribution in [-0.4, -0.2) is 18.1 Å². The molecule has 3 heteroatoms. The largest absolute Gasteiger partial charge is 0.330 e. The lowest BCUT2D eigenvalue weighted by Gasteiger charge is -2.15. The number of carbonyl (C=O) groups is 2. The van der Waals surface area contributed by atoms with Crippen molar-refractivity contribution >= 4 is 17.1 Å². The maximum absolute atomic E-state index is 11.7. The fourth-order valence-electron chi connectivity index (χ4n) is 2.24. The number of Topliss-reactive ketones (excluding diaryl/α,β-unsaturated/α-hetero) is 1. The first-order valence-electron chi connectivity index (χ1n) is 6.32. The predicted octanol–water partition coefficient (Wildman–Crippen LogP) is 2.35. The zero-order valence-corrected chi connectivity index (χ0v) is 10.3. The van der Waals surface area contributed by atoms with E-state index in [1.165, 1.54) is 6.08 Å². The number of hydrogen-bond acceptors (Lipinski definition) is 3. The molecule has 0 atom stereocenters. The van der Waals surface area contributed by atoms with Gasteiger partial charge in [-0.2, -0.15) is 0 Å². The van der Waals surface area contributed by atoms with Crippen LogP contribution in [0.4, 0.5) is 0 Å². The first-order valence-corrected chi connectivity index (χ1v) is 6.32. The van der Waals surface area contributed by atoms with E-state index in [-0.39, 0.29) is 0 Å². The van der Waals surface area contributed by atoms with E-state index in [0.717, 1.165) is 36.8 Å². The number of benzene rings is 1. The van der Waals surface area contributed by atoms with E-state index >= 15 is 0 Å². The first-order chi connectivity index (χ1) is 8.74. The molecule has 0 spiro atoms. The minimum Gasteiger partial charge on any atom is -0.330 e. The van der Waals surface area contributed by atoms with Crippen molar-refractivity contribution in [3.05, 3.63) is 41.5 Å². The average Bonchev–Trinajstić information content (AvgIpc) is 2.40. The lowest BCUT2D eigenvalue weighted by Crippen LogP contribution is -2.18. The molecule has 0 amide bonds. The van der Waals surface area contributed by atoms with Crippen molar-refractivity contribution in [1.29, 1.82) is 0 Å². The molecule has 3 nitrogen and oxygen atoms in total. The van der Waals surface area contributed by atoms with Gasteiger partial charge >= 0.3 is 0 Å². The molecule has 18 heavy (non-hydrogen) atoms. The normalized spacial score (nSPS) is 14.4. The standard InChI is InChI=1S/C15H17NO2/c16-9-5-1-2-6-11-10-14(17)15(18)13-8-4-3-7-12(11)13/h3-4,7-8,10H,1-2,5-6,9,16H2. The maximum Gasteiger partial charge on any atom is 0.233 e. The number of unbranched alkanes of at least 4 members (excludes halogenated alkanes) is 2. The fourth-order valence-corrected chi connectivity index (χ4v) is 2.24. The van der Waals surface area contributed by atoms with Crippen molar-refractivity contribution in [2.75, 3.05) is 6.54 Å². The molecule has 0 saturated carbocycles. The van der Waals surface area contributed by atoms with Gasteiger partial charge in [-0.25, -0.2) is 0 Å². The Labute approximate surface area is 107 Å². The Morgan fingerprint density at radius 3 is 2.39 bits per heavy atom. The summed E-state index contributed by atoms with van der Waals surface area (Å²) in [5.41, 5.74) is 7.88. The van der Waals surface area contributed by atoms with Gasteiger partial charge in [-0.1, -0.05) is 30.7 Å². The van der Waals surface area contributed by atoms with Gasteiger partial charge in [0, 0.05) is 5.56 Å². The number of allylic oxidation sites excluding steroid dienone is 2. The summed E-state index contributed by atoms with van der Waals surface area (Å²) < 4.78 is 0. The fraction of sp³-hybridized carbons (Fsp3) is 0.333. The Morgan fingerprint density at radius 1 is 0.944 bits per heavy atom. The molecule has 0 aromatic heterocycles. The quantitative estimate of drug-likeness (QED) is 0.638. The Bertz CT molecular complexity index is 503. The van der Waals surface area contributed by atoms with Crippen molar-refractivity contribution in [3.63, 3.8) is 0 Å². The molecular formula is C15H17NO2. The van der Waals surface area contributed by atoms with Crippen LogP contribution in [0.5, 0.6) is 0 Å². The molecule has 0 saturated heterocycles. The van der Waals surface area contributed by atoms with Crippen molar-refractivity contribution in [2.24, 2.45) is 5.73 Å². The van der Waals surface area contributed by atoms with E-state index in [1.54, 1.807) is 12.1 Å². The molecule has 1 aliphatic rings. The third kappa shape index (κ3) is 2.57. The van der Waals surface area contributed by atoms with E-state index in [2.05, 4.69) is 0 Å². The highest BCUT2D eigenvalue weighted by atomic mass is 16.2. The monoisotopic (exact) mass is 243 g/mol. The molecule has 2 N–H and O–H groups in total. The summed E-state index contributed by atoms with van der Waals surface area (Å²) in [5, 5.41) is 0. The second-order valence-electron chi connectivity index (χ2n) is 4.51. The molecule has 1 aromatic carbocycles. The van der Waals surface area contributed by atoms with Gasteiger partial charge in [0.25, 0.3) is 0 Å². The second-order valence-corrected chi connectivity index (χ2v) is 4.51. The minimum atomic E-state index is -0.400. The molecule has 2 rings (SSSR count). The summed E-state index contributed by atoms with van der Waals surface area (Å²) in [6, 6.07) is 7.33. The Hall–Kier alpha value is -1.74. The van der Waals surface area contributed by atoms with Gasteiger partial charge in [-0.05, 0) is 43.0 Å². The smallest absolute Gasteiger partial charge is 0.233 e. The molecular weight excluding hydrogens is 226 g/mol. The lowest BCUT2D eigenvalue weighted by molar-refractivity contribution is -0.111. The molecule has 0 aliphatic heterocycles. The van der Waals surface area contributed by atoms with Crippen LogP contribution in [0.1, 0.15) is 41.6 Å². The average molecular weight is 243 g/mol. The second kappa shape index (κ2) is 5.74. The highest BCUT2D eigenvalue weighted by Crippen LogP contribution is 2.28. The predicted molar refractivity (Wildman–Crippen MR) is 71.3 cm³/mol. The number of nitrogens with two attached hydrogens (primary N) is 1. The summed E-state index contributed by atoms with van der Waals surface area (Å²) in [4.78, 5) is 23.3. The number of ketones is 2. The van der Waals surface area contributed by atoms with Crippen LogP contribution in [0, 0.1) is 0 Å². The van der Waals surface area contributed by atoms with Crippen LogP contribution in [0.2, 0.25) is 0 Å². The van der Waals surface area contributed by atoms with Gasteiger partial charge < -0.3 is 5.73 Å². The van der Waals surface area contributed by atoms with E-state index in [1.807, 2.05) is 12.1 Å². The highest BCUT2D eigenvalue weighted by Gasteiger charge is 2.24. The van der Waals surface area contributed by atoms with Crippen molar-refractivity contribution in [3.8, 4) is 0 Å². The van der Waals surface area contributed by atoms with Crippen LogP contribution in [0.25, 0.3) is 5.57 Å². The minimum absolute atomic E-state index is 0.392. The number of rotatable bonds is 5. The third-order valence-corrected chi connectivity index (χ3v) is 3.20. The van der Waals surface area contributed by atoms with Crippen LogP contribution in [0.15, 0.2) is 30.3 Å². The molecule has 0 fully saturated rings. The van der Waals surface area contributed by atoms with Gasteiger partial charge in [-0.3, -0.25) is 9.59 Å². The first kappa shape index (κ1) is 12.7. The van der Waals surface area contributed by atoms with Crippen molar-refractivity contribution < 1.29 is 9.59 Å². The molecule has 0 unspecified atom stereocenters. The van der Waals surface area contributed by atoms with E-state index in [9.17, 15) is 9.59 Å².